The molecule has 1 rings (SSSR count). The second-order valence-electron chi connectivity index (χ2n) is 2.29. The van der Waals surface area contributed by atoms with Crippen molar-refractivity contribution in [1.29, 1.82) is 0 Å². The van der Waals surface area contributed by atoms with Crippen LogP contribution in [0.4, 0.5) is 0 Å². The number of rotatable bonds is 2. The first-order valence-electron chi connectivity index (χ1n) is 3.34. The van der Waals surface area contributed by atoms with Crippen LogP contribution in [0.15, 0.2) is 17.0 Å². The highest BCUT2D eigenvalue weighted by Gasteiger charge is 2.20. The lowest BCUT2D eigenvalue weighted by Gasteiger charge is -2.05. The van der Waals surface area contributed by atoms with Gasteiger partial charge in [0.15, 0.2) is 0 Å². The van der Waals surface area contributed by atoms with Gasteiger partial charge in [-0.3, -0.25) is 4.18 Å². The van der Waals surface area contributed by atoms with Gasteiger partial charge in [-0.2, -0.15) is 8.42 Å². The zero-order valence-electron chi connectivity index (χ0n) is 6.92. The van der Waals surface area contributed by atoms with Crippen LogP contribution in [0.1, 0.15) is 0 Å². The third-order valence-corrected chi connectivity index (χ3v) is 4.21. The smallest absolute Gasteiger partial charge is 0.270 e. The SMILES string of the molecule is COS(=O)(=O)c1ccc(Cl)c(Cl)c1Cl. The highest BCUT2D eigenvalue weighted by atomic mass is 35.5. The van der Waals surface area contributed by atoms with Crippen LogP contribution in [0, 0.1) is 0 Å². The summed E-state index contributed by atoms with van der Waals surface area (Å²) in [6, 6.07) is 2.57. The molecule has 0 unspecified atom stereocenters. The average Bonchev–Trinajstić information content (AvgIpc) is 2.14. The Balaban J connectivity index is 3.47. The summed E-state index contributed by atoms with van der Waals surface area (Å²) < 4.78 is 26.8. The lowest BCUT2D eigenvalue weighted by atomic mass is 10.4. The summed E-state index contributed by atoms with van der Waals surface area (Å²) in [5, 5.41) is 0.0409. The minimum absolute atomic E-state index is 0.00791. The van der Waals surface area contributed by atoms with E-state index in [2.05, 4.69) is 4.18 Å². The third-order valence-electron chi connectivity index (χ3n) is 1.49. The summed E-state index contributed by atoms with van der Waals surface area (Å²) in [6.07, 6.45) is 0. The van der Waals surface area contributed by atoms with Crippen LogP contribution < -0.4 is 0 Å². The third kappa shape index (κ3) is 2.15. The molecule has 78 valence electrons. The molecule has 0 bridgehead atoms. The molecular formula is C7H5Cl3O3S. The molecule has 0 heterocycles. The molecule has 0 aliphatic heterocycles. The first kappa shape index (κ1) is 12.1. The van der Waals surface area contributed by atoms with E-state index in [1.807, 2.05) is 0 Å². The summed E-state index contributed by atoms with van der Waals surface area (Å²) in [7, 11) is -2.81. The van der Waals surface area contributed by atoms with Crippen molar-refractivity contribution in [2.45, 2.75) is 4.90 Å². The maximum atomic E-state index is 11.3. The second-order valence-corrected chi connectivity index (χ2v) is 5.14. The summed E-state index contributed by atoms with van der Waals surface area (Å²) in [5.74, 6) is 0. The van der Waals surface area contributed by atoms with Gasteiger partial charge < -0.3 is 0 Å². The van der Waals surface area contributed by atoms with E-state index in [1.165, 1.54) is 12.1 Å². The Morgan fingerprint density at radius 2 is 1.71 bits per heavy atom. The summed E-state index contributed by atoms with van der Waals surface area (Å²) in [4.78, 5) is -0.198. The maximum Gasteiger partial charge on any atom is 0.298 e. The maximum absolute atomic E-state index is 11.3. The van der Waals surface area contributed by atoms with Crippen molar-refractivity contribution in [1.82, 2.24) is 0 Å². The lowest BCUT2D eigenvalue weighted by Crippen LogP contribution is -2.03. The molecular weight excluding hydrogens is 270 g/mol. The van der Waals surface area contributed by atoms with Crippen LogP contribution in [0.3, 0.4) is 0 Å². The van der Waals surface area contributed by atoms with Crippen LogP contribution in [0.2, 0.25) is 15.1 Å². The van der Waals surface area contributed by atoms with E-state index in [4.69, 9.17) is 34.8 Å². The number of halogens is 3. The highest BCUT2D eigenvalue weighted by Crippen LogP contribution is 2.35. The van der Waals surface area contributed by atoms with Gasteiger partial charge in [0, 0.05) is 0 Å². The fourth-order valence-corrected chi connectivity index (χ4v) is 2.40. The van der Waals surface area contributed by atoms with Crippen molar-refractivity contribution in [2.75, 3.05) is 7.11 Å². The highest BCUT2D eigenvalue weighted by molar-refractivity contribution is 7.86. The lowest BCUT2D eigenvalue weighted by molar-refractivity contribution is 0.398. The van der Waals surface area contributed by atoms with E-state index in [1.54, 1.807) is 0 Å². The second kappa shape index (κ2) is 4.24. The Morgan fingerprint density at radius 1 is 1.14 bits per heavy atom. The summed E-state index contributed by atoms with van der Waals surface area (Å²) in [6.45, 7) is 0. The van der Waals surface area contributed by atoms with E-state index in [0.717, 1.165) is 7.11 Å². The number of hydrogen-bond acceptors (Lipinski definition) is 3. The Labute approximate surface area is 96.7 Å². The van der Waals surface area contributed by atoms with E-state index in [-0.39, 0.29) is 20.0 Å². The molecule has 0 aliphatic rings. The molecule has 0 fully saturated rings. The van der Waals surface area contributed by atoms with Crippen molar-refractivity contribution in [3.05, 3.63) is 27.2 Å². The quantitative estimate of drug-likeness (QED) is 0.615. The van der Waals surface area contributed by atoms with Crippen molar-refractivity contribution >= 4 is 44.9 Å². The first-order valence-corrected chi connectivity index (χ1v) is 5.88. The predicted octanol–water partition coefficient (Wildman–Crippen LogP) is 2.98. The van der Waals surface area contributed by atoms with Crippen molar-refractivity contribution in [2.24, 2.45) is 0 Å². The van der Waals surface area contributed by atoms with Crippen LogP contribution in [-0.2, 0) is 14.3 Å². The topological polar surface area (TPSA) is 43.4 Å². The molecule has 0 saturated carbocycles. The summed E-state index contributed by atoms with van der Waals surface area (Å²) in [5.41, 5.74) is 0. The molecule has 0 N–H and O–H groups in total. The standard InChI is InChI=1S/C7H5Cl3O3S/c1-13-14(11,12)5-3-2-4(8)6(9)7(5)10/h2-3H,1H3. The van der Waals surface area contributed by atoms with Gasteiger partial charge in [0.05, 0.1) is 22.2 Å². The molecule has 0 spiro atoms. The minimum atomic E-state index is -3.84. The van der Waals surface area contributed by atoms with Gasteiger partial charge in [-0.15, -0.1) is 0 Å². The van der Waals surface area contributed by atoms with Gasteiger partial charge in [0.25, 0.3) is 10.1 Å². The molecule has 0 radical (unpaired) electrons. The summed E-state index contributed by atoms with van der Waals surface area (Å²) >= 11 is 17.0. The molecule has 1 aromatic carbocycles. The molecule has 0 atom stereocenters. The van der Waals surface area contributed by atoms with Crippen LogP contribution in [-0.4, -0.2) is 15.5 Å². The zero-order valence-corrected chi connectivity index (χ0v) is 10.0. The molecule has 1 aromatic rings. The number of benzene rings is 1. The van der Waals surface area contributed by atoms with E-state index in [0.29, 0.717) is 0 Å². The number of hydrogen-bond donors (Lipinski definition) is 0. The fourth-order valence-electron chi connectivity index (χ4n) is 0.791. The monoisotopic (exact) mass is 274 g/mol. The minimum Gasteiger partial charge on any atom is -0.270 e. The molecule has 7 heteroatoms. The molecule has 3 nitrogen and oxygen atoms in total. The average molecular weight is 276 g/mol. The normalized spacial score (nSPS) is 11.7. The van der Waals surface area contributed by atoms with Gasteiger partial charge in [-0.05, 0) is 12.1 Å². The van der Waals surface area contributed by atoms with Crippen LogP contribution in [0.5, 0.6) is 0 Å². The van der Waals surface area contributed by atoms with E-state index >= 15 is 0 Å². The molecule has 0 aromatic heterocycles. The van der Waals surface area contributed by atoms with E-state index in [9.17, 15) is 8.42 Å². The van der Waals surface area contributed by atoms with E-state index < -0.39 is 10.1 Å². The van der Waals surface area contributed by atoms with Crippen LogP contribution >= 0.6 is 34.8 Å². The van der Waals surface area contributed by atoms with Gasteiger partial charge in [-0.25, -0.2) is 0 Å². The Hall–Kier alpha value is -0.000000000000000167. The molecule has 14 heavy (non-hydrogen) atoms. The Kier molecular flexibility index (Phi) is 3.66. The van der Waals surface area contributed by atoms with Crippen molar-refractivity contribution < 1.29 is 12.6 Å². The first-order chi connectivity index (χ1) is 6.40. The molecule has 0 aliphatic carbocycles. The molecule has 0 amide bonds. The van der Waals surface area contributed by atoms with Gasteiger partial charge in [0.1, 0.15) is 4.90 Å². The molecule has 0 saturated heterocycles. The largest absolute Gasteiger partial charge is 0.298 e. The fraction of sp³-hybridized carbons (Fsp3) is 0.143. The van der Waals surface area contributed by atoms with Gasteiger partial charge >= 0.3 is 0 Å². The van der Waals surface area contributed by atoms with Crippen molar-refractivity contribution in [3.8, 4) is 0 Å². The van der Waals surface area contributed by atoms with Crippen LogP contribution in [0.25, 0.3) is 0 Å². The van der Waals surface area contributed by atoms with Gasteiger partial charge in [0.2, 0.25) is 0 Å². The Bertz CT molecular complexity index is 455. The Morgan fingerprint density at radius 3 is 2.21 bits per heavy atom. The van der Waals surface area contributed by atoms with Gasteiger partial charge in [-0.1, -0.05) is 34.8 Å². The predicted molar refractivity (Wildman–Crippen MR) is 55.7 cm³/mol. The zero-order chi connectivity index (χ0) is 10.9. The van der Waals surface area contributed by atoms with Crippen molar-refractivity contribution in [3.63, 3.8) is 0 Å².